The first-order chi connectivity index (χ1) is 14.0. The van der Waals surface area contributed by atoms with Crippen LogP contribution in [-0.4, -0.2) is 39.2 Å². The highest BCUT2D eigenvalue weighted by Crippen LogP contribution is 2.44. The van der Waals surface area contributed by atoms with Crippen molar-refractivity contribution >= 4 is 5.69 Å². The van der Waals surface area contributed by atoms with Crippen LogP contribution in [0.2, 0.25) is 0 Å². The molecule has 4 heteroatoms. The minimum absolute atomic E-state index is 0.0941. The molecule has 4 rings (SSSR count). The largest absolute Gasteiger partial charge is 0.464 e. The van der Waals surface area contributed by atoms with Crippen molar-refractivity contribution in [2.45, 2.75) is 12.3 Å². The highest BCUT2D eigenvalue weighted by molar-refractivity contribution is 5.69. The zero-order chi connectivity index (χ0) is 20.4. The second-order valence-electron chi connectivity index (χ2n) is 7.78. The van der Waals surface area contributed by atoms with E-state index in [0.29, 0.717) is 13.0 Å². The lowest BCUT2D eigenvalue weighted by molar-refractivity contribution is 0.191. The molecule has 2 aliphatic rings. The predicted octanol–water partition coefficient (Wildman–Crippen LogP) is 4.69. The number of ether oxygens (including phenoxy) is 1. The molecule has 1 aliphatic heterocycles. The van der Waals surface area contributed by atoms with Gasteiger partial charge >= 0.3 is 0 Å². The maximum Gasteiger partial charge on any atom is 0.289 e. The van der Waals surface area contributed by atoms with E-state index in [4.69, 9.17) is 4.74 Å². The van der Waals surface area contributed by atoms with E-state index in [2.05, 4.69) is 53.3 Å². The van der Waals surface area contributed by atoms with E-state index in [1.165, 1.54) is 17.3 Å². The molecule has 0 radical (unpaired) electrons. The van der Waals surface area contributed by atoms with Gasteiger partial charge in [0.1, 0.15) is 12.4 Å². The summed E-state index contributed by atoms with van der Waals surface area (Å²) in [4.78, 5) is 4.29. The Labute approximate surface area is 172 Å². The Hall–Kier alpha value is -2.94. The molecule has 1 unspecified atom stereocenters. The Bertz CT molecular complexity index is 990. The van der Waals surface area contributed by atoms with Gasteiger partial charge in [-0.15, -0.1) is 0 Å². The zero-order valence-electron chi connectivity index (χ0n) is 17.2. The van der Waals surface area contributed by atoms with Gasteiger partial charge in [-0.3, -0.25) is 4.90 Å². The van der Waals surface area contributed by atoms with Crippen molar-refractivity contribution in [2.75, 3.05) is 39.2 Å². The fourth-order valence-electron chi connectivity index (χ4n) is 3.95. The highest BCUT2D eigenvalue weighted by Gasteiger charge is 2.37. The predicted molar refractivity (Wildman–Crippen MR) is 115 cm³/mol. The standard InChI is InChI=1S/C25H26FN2O/c1-27(2)13-14-29-20-11-12-25-23(17-20)22(16-18-7-6-8-19(26)15-18)21-9-4-5-10-24(21)28(25)3/h4-12,15,22H,13-14,16H2,1-3H3/q+1. The minimum Gasteiger partial charge on any atom is -0.464 e. The van der Waals surface area contributed by atoms with Crippen LogP contribution >= 0.6 is 0 Å². The van der Waals surface area contributed by atoms with Crippen molar-refractivity contribution in [3.63, 3.8) is 0 Å². The van der Waals surface area contributed by atoms with Gasteiger partial charge in [0.25, 0.3) is 5.76 Å². The van der Waals surface area contributed by atoms with E-state index in [9.17, 15) is 4.39 Å². The van der Waals surface area contributed by atoms with Crippen LogP contribution in [0.5, 0.6) is 0 Å². The van der Waals surface area contributed by atoms with Gasteiger partial charge in [-0.25, -0.2) is 4.39 Å². The third-order valence-corrected chi connectivity index (χ3v) is 5.43. The zero-order valence-corrected chi connectivity index (χ0v) is 17.2. The smallest absolute Gasteiger partial charge is 0.289 e. The van der Waals surface area contributed by atoms with Crippen LogP contribution in [0, 0.1) is 11.9 Å². The van der Waals surface area contributed by atoms with E-state index < -0.39 is 0 Å². The first-order valence-corrected chi connectivity index (χ1v) is 9.94. The van der Waals surface area contributed by atoms with Crippen LogP contribution in [0.1, 0.15) is 17.0 Å². The molecule has 0 saturated carbocycles. The monoisotopic (exact) mass is 389 g/mol. The van der Waals surface area contributed by atoms with Crippen molar-refractivity contribution in [3.8, 4) is 0 Å². The number of halogens is 1. The number of para-hydroxylation sites is 1. The lowest BCUT2D eigenvalue weighted by Gasteiger charge is -2.31. The van der Waals surface area contributed by atoms with E-state index >= 15 is 0 Å². The fraction of sp³-hybridized carbons (Fsp3) is 0.280. The highest BCUT2D eigenvalue weighted by atomic mass is 19.1. The summed E-state index contributed by atoms with van der Waals surface area (Å²) in [5, 5.41) is 0. The molecule has 3 nitrogen and oxygen atoms in total. The number of hydrogen-bond acceptors (Lipinski definition) is 3. The molecule has 29 heavy (non-hydrogen) atoms. The first-order valence-electron chi connectivity index (χ1n) is 9.94. The van der Waals surface area contributed by atoms with E-state index in [1.54, 1.807) is 12.1 Å². The summed E-state index contributed by atoms with van der Waals surface area (Å²) in [6, 6.07) is 15.3. The minimum atomic E-state index is -0.200. The van der Waals surface area contributed by atoms with Crippen molar-refractivity contribution in [3.05, 3.63) is 101 Å². The van der Waals surface area contributed by atoms with E-state index in [1.807, 2.05) is 26.2 Å². The molecule has 0 N–H and O–H groups in total. The maximum atomic E-state index is 13.8. The summed E-state index contributed by atoms with van der Waals surface area (Å²) in [5.74, 6) is 0.646. The average molecular weight is 389 g/mol. The summed E-state index contributed by atoms with van der Waals surface area (Å²) in [5.41, 5.74) is 5.60. The van der Waals surface area contributed by atoms with Crippen molar-refractivity contribution < 1.29 is 9.13 Å². The van der Waals surface area contributed by atoms with Crippen LogP contribution in [0.25, 0.3) is 0 Å². The Morgan fingerprint density at radius 3 is 2.72 bits per heavy atom. The summed E-state index contributed by atoms with van der Waals surface area (Å²) in [6.07, 6.45) is 8.32. The number of allylic oxidation sites excluding steroid dienone is 4. The van der Waals surface area contributed by atoms with E-state index in [0.717, 1.165) is 29.1 Å². The quantitative estimate of drug-likeness (QED) is 0.667. The molecule has 1 aliphatic carbocycles. The Balaban J connectivity index is 1.70. The Morgan fingerprint density at radius 1 is 1.10 bits per heavy atom. The van der Waals surface area contributed by atoms with Crippen molar-refractivity contribution in [1.82, 2.24) is 4.90 Å². The molecule has 0 fully saturated rings. The summed E-state index contributed by atoms with van der Waals surface area (Å²) >= 11 is 0. The second-order valence-corrected chi connectivity index (χ2v) is 7.78. The number of hydrogen-bond donors (Lipinski definition) is 0. The van der Waals surface area contributed by atoms with Gasteiger partial charge in [-0.1, -0.05) is 30.3 Å². The number of likely N-dealkylation sites (N-methyl/N-ethyl adjacent to an activating group) is 2. The van der Waals surface area contributed by atoms with Crippen LogP contribution in [0.15, 0.2) is 77.7 Å². The molecule has 0 amide bonds. The van der Waals surface area contributed by atoms with Crippen LogP contribution in [0.4, 0.5) is 10.1 Å². The SMILES string of the molecule is CN(C)CCOC1=[C+]C2=C(C=C1)N(C)c1ccccc1C2Cc1cccc(F)c1. The number of nitrogens with zero attached hydrogens (tertiary/aromatic N) is 2. The van der Waals surface area contributed by atoms with Crippen LogP contribution < -0.4 is 4.90 Å². The lowest BCUT2D eigenvalue weighted by atomic mass is 9.79. The molecule has 1 atom stereocenters. The van der Waals surface area contributed by atoms with Gasteiger partial charge < -0.3 is 9.64 Å². The summed E-state index contributed by atoms with van der Waals surface area (Å²) < 4.78 is 19.8. The summed E-state index contributed by atoms with van der Waals surface area (Å²) in [6.45, 7) is 1.46. The third-order valence-electron chi connectivity index (χ3n) is 5.43. The Kier molecular flexibility index (Phi) is 5.48. The molecule has 148 valence electrons. The summed E-state index contributed by atoms with van der Waals surface area (Å²) in [7, 11) is 6.14. The molecule has 0 spiro atoms. The van der Waals surface area contributed by atoms with Gasteiger partial charge in [-0.2, -0.15) is 0 Å². The van der Waals surface area contributed by atoms with Gasteiger partial charge in [0.15, 0.2) is 11.3 Å². The first kappa shape index (κ1) is 19.4. The molecule has 2 aromatic carbocycles. The topological polar surface area (TPSA) is 15.7 Å². The molecule has 2 aromatic rings. The normalized spacial score (nSPS) is 17.6. The molecule has 0 saturated heterocycles. The van der Waals surface area contributed by atoms with Gasteiger partial charge in [0.05, 0.1) is 29.8 Å². The van der Waals surface area contributed by atoms with Gasteiger partial charge in [0, 0.05) is 13.6 Å². The second kappa shape index (κ2) is 8.20. The molecule has 0 aromatic heterocycles. The van der Waals surface area contributed by atoms with Crippen LogP contribution in [0.3, 0.4) is 0 Å². The third kappa shape index (κ3) is 4.09. The molecule has 1 heterocycles. The van der Waals surface area contributed by atoms with E-state index in [-0.39, 0.29) is 11.7 Å². The number of fused-ring (bicyclic) bond motifs is 1. The van der Waals surface area contributed by atoms with Crippen molar-refractivity contribution in [2.24, 2.45) is 0 Å². The van der Waals surface area contributed by atoms with Crippen LogP contribution in [-0.2, 0) is 11.2 Å². The Morgan fingerprint density at radius 2 is 1.93 bits per heavy atom. The fourth-order valence-corrected chi connectivity index (χ4v) is 3.95. The lowest BCUT2D eigenvalue weighted by Crippen LogP contribution is -2.28. The van der Waals surface area contributed by atoms with Gasteiger partial charge in [-0.05, 0) is 49.8 Å². The molecule has 0 bridgehead atoms. The number of rotatable bonds is 6. The molecular weight excluding hydrogens is 363 g/mol. The number of anilines is 1. The number of benzene rings is 2. The van der Waals surface area contributed by atoms with Gasteiger partial charge in [0.2, 0.25) is 0 Å². The maximum absolute atomic E-state index is 13.8. The molecular formula is C25H26FN2O+. The average Bonchev–Trinajstić information content (AvgIpc) is 2.71. The van der Waals surface area contributed by atoms with Crippen molar-refractivity contribution in [1.29, 1.82) is 0 Å².